The third kappa shape index (κ3) is 2.72. The van der Waals surface area contributed by atoms with Crippen LogP contribution in [0.15, 0.2) is 18.7 Å². The maximum atomic E-state index is 11.7. The second-order valence-corrected chi connectivity index (χ2v) is 3.05. The van der Waals surface area contributed by atoms with Gasteiger partial charge in [0.25, 0.3) is 5.91 Å². The normalized spacial score (nSPS) is 9.94. The highest BCUT2D eigenvalue weighted by Gasteiger charge is 2.08. The van der Waals surface area contributed by atoms with Crippen molar-refractivity contribution < 1.29 is 4.79 Å². The second kappa shape index (κ2) is 4.99. The van der Waals surface area contributed by atoms with Crippen LogP contribution in [-0.2, 0) is 6.54 Å². The smallest absolute Gasteiger partial charge is 0.271 e. The number of hydrazine groups is 1. The molecule has 2 heterocycles. The summed E-state index contributed by atoms with van der Waals surface area (Å²) in [6, 6.07) is 0. The molecule has 0 bridgehead atoms. The maximum absolute atomic E-state index is 11.7. The second-order valence-electron chi connectivity index (χ2n) is 3.05. The summed E-state index contributed by atoms with van der Waals surface area (Å²) in [6.07, 6.45) is 4.12. The molecule has 2 aromatic heterocycles. The monoisotopic (exact) mass is 234 g/mol. The van der Waals surface area contributed by atoms with Crippen LogP contribution in [0.3, 0.4) is 0 Å². The third-order valence-corrected chi connectivity index (χ3v) is 1.90. The quantitative estimate of drug-likeness (QED) is 0.386. The van der Waals surface area contributed by atoms with Crippen LogP contribution in [0.5, 0.6) is 0 Å². The predicted octanol–water partition coefficient (Wildman–Crippen LogP) is -1.19. The summed E-state index contributed by atoms with van der Waals surface area (Å²) >= 11 is 0. The summed E-state index contributed by atoms with van der Waals surface area (Å²) in [5, 5.41) is 8.89. The summed E-state index contributed by atoms with van der Waals surface area (Å²) in [6.45, 7) is 0.237. The molecule has 0 spiro atoms. The van der Waals surface area contributed by atoms with E-state index in [1.807, 2.05) is 0 Å². The van der Waals surface area contributed by atoms with Crippen molar-refractivity contribution in [2.75, 3.05) is 5.43 Å². The lowest BCUT2D eigenvalue weighted by Crippen LogP contribution is -2.25. The van der Waals surface area contributed by atoms with E-state index in [9.17, 15) is 4.79 Å². The number of amides is 1. The average molecular weight is 234 g/mol. The number of carbonyl (C=O) groups excluding carboxylic acids is 1. The zero-order chi connectivity index (χ0) is 12.1. The van der Waals surface area contributed by atoms with E-state index in [4.69, 9.17) is 5.84 Å². The summed E-state index contributed by atoms with van der Waals surface area (Å²) in [4.78, 5) is 23.3. The minimum atomic E-state index is -0.369. The average Bonchev–Trinajstić information content (AvgIpc) is 2.89. The Bertz CT molecular complexity index is 496. The largest absolute Gasteiger partial charge is 0.343 e. The van der Waals surface area contributed by atoms with Crippen molar-refractivity contribution in [3.8, 4) is 0 Å². The first-order chi connectivity index (χ1) is 8.29. The molecule has 17 heavy (non-hydrogen) atoms. The standard InChI is InChI=1S/C8H10N8O/c9-15-7-2-10-1-5(14-7)8(17)11-3-6-12-4-13-16-6/h1-2,4H,3,9H2,(H,11,17)(H,14,15)(H,12,13,16). The lowest BCUT2D eigenvalue weighted by molar-refractivity contribution is 0.0944. The number of anilines is 1. The molecule has 9 heteroatoms. The predicted molar refractivity (Wildman–Crippen MR) is 57.4 cm³/mol. The van der Waals surface area contributed by atoms with Gasteiger partial charge in [-0.05, 0) is 0 Å². The van der Waals surface area contributed by atoms with Gasteiger partial charge in [0.1, 0.15) is 17.8 Å². The number of nitrogens with one attached hydrogen (secondary N) is 3. The number of aromatic nitrogens is 5. The molecule has 0 fully saturated rings. The van der Waals surface area contributed by atoms with E-state index in [-0.39, 0.29) is 18.1 Å². The van der Waals surface area contributed by atoms with Gasteiger partial charge in [-0.15, -0.1) is 0 Å². The SMILES string of the molecule is NNc1cncc(C(=O)NCc2ncn[nH]2)n1. The zero-order valence-electron chi connectivity index (χ0n) is 8.71. The molecule has 88 valence electrons. The van der Waals surface area contributed by atoms with Crippen LogP contribution >= 0.6 is 0 Å². The molecule has 0 aromatic carbocycles. The van der Waals surface area contributed by atoms with Gasteiger partial charge < -0.3 is 10.7 Å². The van der Waals surface area contributed by atoms with Crippen molar-refractivity contribution in [1.29, 1.82) is 0 Å². The van der Waals surface area contributed by atoms with Crippen LogP contribution in [0.4, 0.5) is 5.82 Å². The first-order valence-corrected chi connectivity index (χ1v) is 4.70. The number of aromatic amines is 1. The molecule has 0 aliphatic heterocycles. The Morgan fingerprint density at radius 1 is 1.47 bits per heavy atom. The lowest BCUT2D eigenvalue weighted by atomic mass is 10.4. The van der Waals surface area contributed by atoms with E-state index in [2.05, 4.69) is 35.9 Å². The van der Waals surface area contributed by atoms with Crippen molar-refractivity contribution in [3.63, 3.8) is 0 Å². The van der Waals surface area contributed by atoms with Gasteiger partial charge in [0, 0.05) is 0 Å². The topological polar surface area (TPSA) is 134 Å². The molecule has 2 aromatic rings. The fourth-order valence-corrected chi connectivity index (χ4v) is 1.12. The van der Waals surface area contributed by atoms with Crippen molar-refractivity contribution in [1.82, 2.24) is 30.5 Å². The number of nitrogens with zero attached hydrogens (tertiary/aromatic N) is 4. The number of hydrogen-bond donors (Lipinski definition) is 4. The molecule has 2 rings (SSSR count). The van der Waals surface area contributed by atoms with E-state index >= 15 is 0 Å². The number of rotatable bonds is 4. The van der Waals surface area contributed by atoms with Gasteiger partial charge in [-0.25, -0.2) is 15.8 Å². The molecule has 0 radical (unpaired) electrons. The van der Waals surface area contributed by atoms with E-state index < -0.39 is 0 Å². The Labute approximate surface area is 95.8 Å². The van der Waals surface area contributed by atoms with Gasteiger partial charge in [-0.2, -0.15) is 5.10 Å². The fraction of sp³-hybridized carbons (Fsp3) is 0.125. The van der Waals surface area contributed by atoms with Gasteiger partial charge in [0.2, 0.25) is 0 Å². The molecule has 0 atom stereocenters. The maximum Gasteiger partial charge on any atom is 0.271 e. The Morgan fingerprint density at radius 3 is 3.06 bits per heavy atom. The van der Waals surface area contributed by atoms with E-state index in [0.717, 1.165) is 0 Å². The first kappa shape index (κ1) is 11.0. The Balaban J connectivity index is 1.99. The van der Waals surface area contributed by atoms with Gasteiger partial charge in [0.15, 0.2) is 5.82 Å². The highest BCUT2D eigenvalue weighted by atomic mass is 16.1. The molecule has 0 saturated carbocycles. The van der Waals surface area contributed by atoms with Crippen LogP contribution in [-0.4, -0.2) is 31.1 Å². The Kier molecular flexibility index (Phi) is 3.21. The number of carbonyl (C=O) groups is 1. The van der Waals surface area contributed by atoms with E-state index in [1.165, 1.54) is 18.7 Å². The number of nitrogen functional groups attached to an aromatic ring is 1. The van der Waals surface area contributed by atoms with Crippen molar-refractivity contribution >= 4 is 11.7 Å². The van der Waals surface area contributed by atoms with Crippen LogP contribution in [0.1, 0.15) is 16.3 Å². The Morgan fingerprint density at radius 2 is 2.35 bits per heavy atom. The lowest BCUT2D eigenvalue weighted by Gasteiger charge is -2.03. The van der Waals surface area contributed by atoms with E-state index in [0.29, 0.717) is 11.6 Å². The molecular formula is C8H10N8O. The van der Waals surface area contributed by atoms with Crippen molar-refractivity contribution in [2.45, 2.75) is 6.54 Å². The van der Waals surface area contributed by atoms with Gasteiger partial charge in [-0.1, -0.05) is 0 Å². The molecule has 0 unspecified atom stereocenters. The van der Waals surface area contributed by atoms with E-state index in [1.54, 1.807) is 0 Å². The summed E-state index contributed by atoms with van der Waals surface area (Å²) < 4.78 is 0. The summed E-state index contributed by atoms with van der Waals surface area (Å²) in [5.41, 5.74) is 2.48. The number of H-pyrrole nitrogens is 1. The minimum absolute atomic E-state index is 0.167. The molecule has 0 aliphatic rings. The molecular weight excluding hydrogens is 224 g/mol. The molecule has 0 saturated heterocycles. The third-order valence-electron chi connectivity index (χ3n) is 1.90. The minimum Gasteiger partial charge on any atom is -0.343 e. The summed E-state index contributed by atoms with van der Waals surface area (Å²) in [7, 11) is 0. The van der Waals surface area contributed by atoms with Crippen LogP contribution < -0.4 is 16.6 Å². The zero-order valence-corrected chi connectivity index (χ0v) is 8.71. The molecule has 0 aliphatic carbocycles. The Hall–Kier alpha value is -2.55. The molecule has 9 nitrogen and oxygen atoms in total. The van der Waals surface area contributed by atoms with Crippen LogP contribution in [0.25, 0.3) is 0 Å². The highest BCUT2D eigenvalue weighted by Crippen LogP contribution is 2.00. The molecule has 5 N–H and O–H groups in total. The first-order valence-electron chi connectivity index (χ1n) is 4.70. The van der Waals surface area contributed by atoms with Crippen molar-refractivity contribution in [2.24, 2.45) is 5.84 Å². The highest BCUT2D eigenvalue weighted by molar-refractivity contribution is 5.92. The van der Waals surface area contributed by atoms with Gasteiger partial charge in [0.05, 0.1) is 18.9 Å². The van der Waals surface area contributed by atoms with Crippen molar-refractivity contribution in [3.05, 3.63) is 30.2 Å². The number of nitrogens with two attached hydrogens (primary N) is 1. The number of hydrogen-bond acceptors (Lipinski definition) is 7. The fourth-order valence-electron chi connectivity index (χ4n) is 1.12. The van der Waals surface area contributed by atoms with Gasteiger partial charge >= 0.3 is 0 Å². The summed E-state index contributed by atoms with van der Waals surface area (Å²) in [5.74, 6) is 5.67. The van der Waals surface area contributed by atoms with Gasteiger partial charge in [-0.3, -0.25) is 14.9 Å². The van der Waals surface area contributed by atoms with Crippen LogP contribution in [0.2, 0.25) is 0 Å². The van der Waals surface area contributed by atoms with Crippen LogP contribution in [0, 0.1) is 0 Å². The molecule has 1 amide bonds.